The summed E-state index contributed by atoms with van der Waals surface area (Å²) in [6.07, 6.45) is 3.40. The van der Waals surface area contributed by atoms with Gasteiger partial charge in [-0.1, -0.05) is 6.07 Å². The molecule has 0 aliphatic heterocycles. The van der Waals surface area contributed by atoms with Gasteiger partial charge in [0.25, 0.3) is 0 Å². The molecule has 19 heavy (non-hydrogen) atoms. The smallest absolute Gasteiger partial charge is 0.328 e. The Balaban J connectivity index is 2.33. The lowest BCUT2D eigenvalue weighted by atomic mass is 10.1. The van der Waals surface area contributed by atoms with Gasteiger partial charge in [-0.2, -0.15) is 5.10 Å². The number of ether oxygens (including phenoxy) is 1. The molecule has 1 aromatic heterocycles. The highest BCUT2D eigenvalue weighted by Crippen LogP contribution is 2.26. The van der Waals surface area contributed by atoms with E-state index in [2.05, 4.69) is 5.10 Å². The van der Waals surface area contributed by atoms with Crippen molar-refractivity contribution in [1.29, 1.82) is 0 Å². The first-order chi connectivity index (χ1) is 9.02. The number of hydrogen-bond acceptors (Lipinski definition) is 3. The van der Waals surface area contributed by atoms with Gasteiger partial charge in [0.15, 0.2) is 0 Å². The van der Waals surface area contributed by atoms with Gasteiger partial charge in [-0.25, -0.2) is 4.79 Å². The standard InChI is InChI=1S/C14H16N2O3/c1-9-6-11(4-5-13(9)19-3)12-7-15-16(8-12)10(2)14(17)18/h4-8,10H,1-3H3,(H,17,18)/t10-/m0/s1. The first-order valence-electron chi connectivity index (χ1n) is 5.95. The third-order valence-corrected chi connectivity index (χ3v) is 3.08. The minimum absolute atomic E-state index is 0.673. The van der Waals surface area contributed by atoms with Crippen LogP contribution in [-0.4, -0.2) is 28.0 Å². The first kappa shape index (κ1) is 13.1. The monoisotopic (exact) mass is 260 g/mol. The fraction of sp³-hybridized carbons (Fsp3) is 0.286. The first-order valence-corrected chi connectivity index (χ1v) is 5.95. The molecule has 0 aliphatic rings. The second kappa shape index (κ2) is 5.14. The number of rotatable bonds is 4. The summed E-state index contributed by atoms with van der Waals surface area (Å²) in [5, 5.41) is 13.0. The van der Waals surface area contributed by atoms with Gasteiger partial charge in [-0.05, 0) is 37.1 Å². The van der Waals surface area contributed by atoms with Crippen LogP contribution < -0.4 is 4.74 Å². The molecule has 1 aromatic carbocycles. The number of carbonyl (C=O) groups is 1. The maximum Gasteiger partial charge on any atom is 0.328 e. The second-order valence-corrected chi connectivity index (χ2v) is 4.41. The summed E-state index contributed by atoms with van der Waals surface area (Å²) >= 11 is 0. The predicted molar refractivity (Wildman–Crippen MR) is 71.3 cm³/mol. The number of aromatic nitrogens is 2. The molecule has 0 amide bonds. The number of benzene rings is 1. The Labute approximate surface area is 111 Å². The Bertz CT molecular complexity index is 604. The molecule has 100 valence electrons. The van der Waals surface area contributed by atoms with Gasteiger partial charge in [-0.3, -0.25) is 4.68 Å². The zero-order valence-electron chi connectivity index (χ0n) is 11.1. The van der Waals surface area contributed by atoms with E-state index in [-0.39, 0.29) is 0 Å². The molecule has 0 bridgehead atoms. The fourth-order valence-corrected chi connectivity index (χ4v) is 1.87. The van der Waals surface area contributed by atoms with Crippen molar-refractivity contribution in [2.24, 2.45) is 0 Å². The van der Waals surface area contributed by atoms with E-state index < -0.39 is 12.0 Å². The number of aliphatic carboxylic acids is 1. The quantitative estimate of drug-likeness (QED) is 0.917. The van der Waals surface area contributed by atoms with E-state index in [9.17, 15) is 4.79 Å². The van der Waals surface area contributed by atoms with Gasteiger partial charge in [-0.15, -0.1) is 0 Å². The topological polar surface area (TPSA) is 64.4 Å². The lowest BCUT2D eigenvalue weighted by molar-refractivity contribution is -0.140. The number of methoxy groups -OCH3 is 1. The molecule has 0 fully saturated rings. The van der Waals surface area contributed by atoms with Crippen LogP contribution in [0, 0.1) is 6.92 Å². The van der Waals surface area contributed by atoms with Crippen molar-refractivity contribution < 1.29 is 14.6 Å². The number of nitrogens with zero attached hydrogens (tertiary/aromatic N) is 2. The zero-order chi connectivity index (χ0) is 14.0. The molecule has 5 heteroatoms. The SMILES string of the molecule is COc1ccc(-c2cnn([C@@H](C)C(=O)O)c2)cc1C. The van der Waals surface area contributed by atoms with Crippen LogP contribution in [0.3, 0.4) is 0 Å². The molecule has 2 aromatic rings. The zero-order valence-corrected chi connectivity index (χ0v) is 11.1. The van der Waals surface area contributed by atoms with Crippen molar-refractivity contribution >= 4 is 5.97 Å². The summed E-state index contributed by atoms with van der Waals surface area (Å²) < 4.78 is 6.65. The molecule has 1 heterocycles. The van der Waals surface area contributed by atoms with E-state index in [0.29, 0.717) is 0 Å². The lowest BCUT2D eigenvalue weighted by Gasteiger charge is -2.07. The molecule has 0 saturated carbocycles. The number of carboxylic acid groups (broad SMARTS) is 1. The maximum atomic E-state index is 10.9. The van der Waals surface area contributed by atoms with Gasteiger partial charge in [0, 0.05) is 11.8 Å². The van der Waals surface area contributed by atoms with Gasteiger partial charge in [0.2, 0.25) is 0 Å². The van der Waals surface area contributed by atoms with Crippen LogP contribution in [0.4, 0.5) is 0 Å². The summed E-state index contributed by atoms with van der Waals surface area (Å²) in [5.41, 5.74) is 2.90. The third kappa shape index (κ3) is 2.59. The Kier molecular flexibility index (Phi) is 3.55. The highest BCUT2D eigenvalue weighted by molar-refractivity contribution is 5.72. The summed E-state index contributed by atoms with van der Waals surface area (Å²) in [4.78, 5) is 10.9. The van der Waals surface area contributed by atoms with Gasteiger partial charge < -0.3 is 9.84 Å². The van der Waals surface area contributed by atoms with E-state index >= 15 is 0 Å². The fourth-order valence-electron chi connectivity index (χ4n) is 1.87. The number of hydrogen-bond donors (Lipinski definition) is 1. The molecular formula is C14H16N2O3. The van der Waals surface area contributed by atoms with Crippen molar-refractivity contribution in [1.82, 2.24) is 9.78 Å². The van der Waals surface area contributed by atoms with Gasteiger partial charge in [0.1, 0.15) is 11.8 Å². The van der Waals surface area contributed by atoms with E-state index in [0.717, 1.165) is 22.4 Å². The summed E-state index contributed by atoms with van der Waals surface area (Å²) in [5.74, 6) is -0.0735. The van der Waals surface area contributed by atoms with Crippen LogP contribution >= 0.6 is 0 Å². The summed E-state index contributed by atoms with van der Waals surface area (Å²) in [6, 6.07) is 5.14. The number of aryl methyl sites for hydroxylation is 1. The molecule has 0 saturated heterocycles. The largest absolute Gasteiger partial charge is 0.496 e. The van der Waals surface area contributed by atoms with Crippen molar-refractivity contribution in [3.8, 4) is 16.9 Å². The molecular weight excluding hydrogens is 244 g/mol. The lowest BCUT2D eigenvalue weighted by Crippen LogP contribution is -2.15. The molecule has 5 nitrogen and oxygen atoms in total. The van der Waals surface area contributed by atoms with E-state index in [1.54, 1.807) is 26.4 Å². The van der Waals surface area contributed by atoms with E-state index in [4.69, 9.17) is 9.84 Å². The minimum atomic E-state index is -0.902. The molecule has 0 unspecified atom stereocenters. The number of carboxylic acids is 1. The van der Waals surface area contributed by atoms with Crippen LogP contribution in [0.1, 0.15) is 18.5 Å². The Morgan fingerprint density at radius 1 is 1.42 bits per heavy atom. The average molecular weight is 260 g/mol. The summed E-state index contributed by atoms with van der Waals surface area (Å²) in [6.45, 7) is 3.56. The summed E-state index contributed by atoms with van der Waals surface area (Å²) in [7, 11) is 1.63. The van der Waals surface area contributed by atoms with Crippen molar-refractivity contribution in [3.63, 3.8) is 0 Å². The molecule has 1 atom stereocenters. The van der Waals surface area contributed by atoms with Crippen LogP contribution in [0.15, 0.2) is 30.6 Å². The third-order valence-electron chi connectivity index (χ3n) is 3.08. The van der Waals surface area contributed by atoms with Crippen molar-refractivity contribution in [2.45, 2.75) is 19.9 Å². The molecule has 0 radical (unpaired) electrons. The normalized spacial score (nSPS) is 12.2. The average Bonchev–Trinajstić information content (AvgIpc) is 2.87. The Morgan fingerprint density at radius 3 is 2.74 bits per heavy atom. The van der Waals surface area contributed by atoms with E-state index in [1.807, 2.05) is 25.1 Å². The highest BCUT2D eigenvalue weighted by Gasteiger charge is 2.14. The van der Waals surface area contributed by atoms with Crippen LogP contribution in [0.2, 0.25) is 0 Å². The molecule has 0 spiro atoms. The maximum absolute atomic E-state index is 10.9. The molecule has 2 rings (SSSR count). The van der Waals surface area contributed by atoms with Crippen molar-refractivity contribution in [3.05, 3.63) is 36.2 Å². The Morgan fingerprint density at radius 2 is 2.16 bits per heavy atom. The van der Waals surface area contributed by atoms with Crippen LogP contribution in [-0.2, 0) is 4.79 Å². The molecule has 0 aliphatic carbocycles. The minimum Gasteiger partial charge on any atom is -0.496 e. The van der Waals surface area contributed by atoms with Gasteiger partial charge in [0.05, 0.1) is 13.3 Å². The second-order valence-electron chi connectivity index (χ2n) is 4.41. The van der Waals surface area contributed by atoms with Gasteiger partial charge >= 0.3 is 5.97 Å². The molecule has 1 N–H and O–H groups in total. The van der Waals surface area contributed by atoms with Crippen LogP contribution in [0.25, 0.3) is 11.1 Å². The predicted octanol–water partition coefficient (Wildman–Crippen LogP) is 2.51. The van der Waals surface area contributed by atoms with E-state index in [1.165, 1.54) is 4.68 Å². The van der Waals surface area contributed by atoms with Crippen molar-refractivity contribution in [2.75, 3.05) is 7.11 Å². The highest BCUT2D eigenvalue weighted by atomic mass is 16.5. The van der Waals surface area contributed by atoms with Crippen LogP contribution in [0.5, 0.6) is 5.75 Å². The Hall–Kier alpha value is -2.30.